The number of rotatable bonds is 6. The van der Waals surface area contributed by atoms with Crippen LogP contribution in [0.15, 0.2) is 22.7 Å². The van der Waals surface area contributed by atoms with Crippen LogP contribution >= 0.6 is 11.6 Å². The molecule has 30 heavy (non-hydrogen) atoms. The van der Waals surface area contributed by atoms with Crippen molar-refractivity contribution in [2.24, 2.45) is 0 Å². The number of carbonyl (C=O) groups is 2. The van der Waals surface area contributed by atoms with Crippen molar-refractivity contribution < 1.29 is 18.8 Å². The van der Waals surface area contributed by atoms with Crippen LogP contribution in [0.4, 0.5) is 0 Å². The van der Waals surface area contributed by atoms with E-state index >= 15 is 0 Å². The predicted molar refractivity (Wildman–Crippen MR) is 110 cm³/mol. The summed E-state index contributed by atoms with van der Waals surface area (Å²) in [6.45, 7) is 1.84. The van der Waals surface area contributed by atoms with Crippen molar-refractivity contribution in [1.82, 2.24) is 15.8 Å². The number of nitrogens with one attached hydrogen (secondary N) is 2. The molecule has 1 aromatic carbocycles. The van der Waals surface area contributed by atoms with Gasteiger partial charge in [-0.05, 0) is 75.6 Å². The van der Waals surface area contributed by atoms with E-state index < -0.39 is 0 Å². The minimum atomic E-state index is -0.243. The molecule has 8 heteroatoms. The molecule has 0 radical (unpaired) electrons. The van der Waals surface area contributed by atoms with E-state index in [1.165, 1.54) is 0 Å². The van der Waals surface area contributed by atoms with Gasteiger partial charge in [0.15, 0.2) is 6.61 Å². The third-order valence-corrected chi connectivity index (χ3v) is 6.90. The van der Waals surface area contributed by atoms with Gasteiger partial charge >= 0.3 is 0 Å². The second kappa shape index (κ2) is 7.01. The largest absolute Gasteiger partial charge is 0.484 e. The fraction of sp³-hybridized carbons (Fsp3) is 0.500. The zero-order valence-corrected chi connectivity index (χ0v) is 17.6. The molecule has 1 heterocycles. The van der Waals surface area contributed by atoms with Gasteiger partial charge in [-0.15, -0.1) is 0 Å². The summed E-state index contributed by atoms with van der Waals surface area (Å²) in [6.07, 6.45) is 6.07. The van der Waals surface area contributed by atoms with Crippen molar-refractivity contribution in [2.75, 3.05) is 6.61 Å². The van der Waals surface area contributed by atoms with E-state index in [-0.39, 0.29) is 29.5 Å². The number of aryl methyl sites for hydroxylation is 2. The Kier molecular flexibility index (Phi) is 4.54. The predicted octanol–water partition coefficient (Wildman–Crippen LogP) is 3.12. The lowest BCUT2D eigenvalue weighted by molar-refractivity contribution is -0.141. The van der Waals surface area contributed by atoms with E-state index in [2.05, 4.69) is 15.8 Å². The molecule has 4 aliphatic rings. The molecule has 0 aliphatic heterocycles. The van der Waals surface area contributed by atoms with Crippen molar-refractivity contribution >= 4 is 23.4 Å². The van der Waals surface area contributed by atoms with Crippen LogP contribution < -0.4 is 15.4 Å². The minimum Gasteiger partial charge on any atom is -0.484 e. The van der Waals surface area contributed by atoms with E-state index in [1.54, 1.807) is 12.1 Å². The van der Waals surface area contributed by atoms with Crippen LogP contribution in [0.5, 0.6) is 5.75 Å². The maximum Gasteiger partial charge on any atom is 0.290 e. The van der Waals surface area contributed by atoms with E-state index in [4.69, 9.17) is 20.9 Å². The number of benzene rings is 1. The third-order valence-electron chi connectivity index (χ3n) is 6.48. The van der Waals surface area contributed by atoms with E-state index in [9.17, 15) is 9.59 Å². The Labute approximate surface area is 179 Å². The summed E-state index contributed by atoms with van der Waals surface area (Å²) in [6, 6.07) is 5.31. The molecule has 3 saturated carbocycles. The summed E-state index contributed by atoms with van der Waals surface area (Å²) < 4.78 is 10.9. The summed E-state index contributed by atoms with van der Waals surface area (Å²) in [5, 5.41) is 10.9. The van der Waals surface area contributed by atoms with Crippen molar-refractivity contribution in [1.29, 1.82) is 0 Å². The van der Waals surface area contributed by atoms with Gasteiger partial charge in [-0.25, -0.2) is 0 Å². The molecule has 2 N–H and O–H groups in total. The van der Waals surface area contributed by atoms with E-state index in [1.807, 2.05) is 13.0 Å². The highest BCUT2D eigenvalue weighted by Crippen LogP contribution is 2.60. The van der Waals surface area contributed by atoms with Crippen LogP contribution in [0.2, 0.25) is 5.02 Å². The molecule has 6 rings (SSSR count). The summed E-state index contributed by atoms with van der Waals surface area (Å²) in [7, 11) is 0. The van der Waals surface area contributed by atoms with Crippen molar-refractivity contribution in [3.05, 3.63) is 45.8 Å². The zero-order valence-electron chi connectivity index (χ0n) is 16.8. The number of nitrogens with zero attached hydrogens (tertiary/aromatic N) is 1. The Balaban J connectivity index is 1.11. The number of halogens is 1. The first-order valence-electron chi connectivity index (χ1n) is 10.4. The summed E-state index contributed by atoms with van der Waals surface area (Å²) in [4.78, 5) is 25.0. The smallest absolute Gasteiger partial charge is 0.290 e. The lowest BCUT2D eigenvalue weighted by Gasteiger charge is -2.70. The quantitative estimate of drug-likeness (QED) is 0.735. The first kappa shape index (κ1) is 19.4. The molecule has 3 fully saturated rings. The van der Waals surface area contributed by atoms with Crippen LogP contribution in [-0.2, 0) is 17.6 Å². The van der Waals surface area contributed by atoms with Crippen LogP contribution in [0.1, 0.15) is 59.5 Å². The lowest BCUT2D eigenvalue weighted by atomic mass is 9.44. The molecule has 2 aromatic rings. The molecule has 0 atom stereocenters. The van der Waals surface area contributed by atoms with Gasteiger partial charge in [0, 0.05) is 21.7 Å². The van der Waals surface area contributed by atoms with Gasteiger partial charge in [0.05, 0.1) is 5.69 Å². The zero-order chi connectivity index (χ0) is 20.9. The topological polar surface area (TPSA) is 93.5 Å². The molecule has 2 bridgehead atoms. The highest BCUT2D eigenvalue weighted by atomic mass is 35.5. The van der Waals surface area contributed by atoms with Crippen molar-refractivity contribution in [3.63, 3.8) is 0 Å². The van der Waals surface area contributed by atoms with Crippen LogP contribution in [0.25, 0.3) is 0 Å². The standard InChI is InChI=1S/C22H24ClN3O4/c1-13-8-14(6-7-16(13)23)29-9-18(27)24-21-10-22(11-21,12-21)25-20(28)19-15-4-2-3-5-17(15)26-30-19/h6-8H,2-5,9-12H2,1H3,(H,24,27)(H,25,28). The third kappa shape index (κ3) is 3.35. The summed E-state index contributed by atoms with van der Waals surface area (Å²) in [5.41, 5.74) is 2.31. The van der Waals surface area contributed by atoms with Gasteiger partial charge in [-0.2, -0.15) is 0 Å². The minimum absolute atomic E-state index is 0.0492. The summed E-state index contributed by atoms with van der Waals surface area (Å²) >= 11 is 6.00. The second-order valence-corrected chi connectivity index (χ2v) is 9.34. The Hall–Kier alpha value is -2.54. The van der Waals surface area contributed by atoms with Crippen LogP contribution in [0.3, 0.4) is 0 Å². The number of amides is 2. The average Bonchev–Trinajstić information content (AvgIpc) is 3.10. The van der Waals surface area contributed by atoms with Crippen molar-refractivity contribution in [3.8, 4) is 5.75 Å². The fourth-order valence-corrected chi connectivity index (χ4v) is 5.22. The maximum atomic E-state index is 12.7. The molecule has 158 valence electrons. The highest BCUT2D eigenvalue weighted by Gasteiger charge is 2.69. The molecule has 0 unspecified atom stereocenters. The van der Waals surface area contributed by atoms with Gasteiger partial charge in [0.2, 0.25) is 5.76 Å². The maximum absolute atomic E-state index is 12.7. The van der Waals surface area contributed by atoms with Crippen LogP contribution in [-0.4, -0.2) is 34.7 Å². The first-order valence-corrected chi connectivity index (χ1v) is 10.7. The van der Waals surface area contributed by atoms with Gasteiger partial charge in [-0.1, -0.05) is 16.8 Å². The number of hydrogen-bond donors (Lipinski definition) is 2. The molecule has 0 saturated heterocycles. The Bertz CT molecular complexity index is 1010. The SMILES string of the molecule is Cc1cc(OCC(=O)NC23CC(NC(=O)c4onc5c4CCCC5)(C2)C3)ccc1Cl. The highest BCUT2D eigenvalue weighted by molar-refractivity contribution is 6.31. The number of hydrogen-bond acceptors (Lipinski definition) is 5. The molecule has 0 spiro atoms. The van der Waals surface area contributed by atoms with Gasteiger partial charge in [-0.3, -0.25) is 9.59 Å². The summed E-state index contributed by atoms with van der Waals surface area (Å²) in [5.74, 6) is 0.626. The van der Waals surface area contributed by atoms with Gasteiger partial charge in [0.1, 0.15) is 5.75 Å². The normalized spacial score (nSPS) is 26.1. The molecule has 7 nitrogen and oxygen atoms in total. The molecule has 4 aliphatic carbocycles. The average molecular weight is 430 g/mol. The van der Waals surface area contributed by atoms with Crippen LogP contribution in [0, 0.1) is 6.92 Å². The number of ether oxygens (including phenoxy) is 1. The Morgan fingerprint density at radius 3 is 2.67 bits per heavy atom. The fourth-order valence-electron chi connectivity index (χ4n) is 5.11. The first-order chi connectivity index (χ1) is 14.4. The number of carbonyl (C=O) groups excluding carboxylic acids is 2. The second-order valence-electron chi connectivity index (χ2n) is 8.94. The van der Waals surface area contributed by atoms with E-state index in [0.717, 1.165) is 61.8 Å². The molecule has 1 aromatic heterocycles. The number of aromatic nitrogens is 1. The van der Waals surface area contributed by atoms with E-state index in [0.29, 0.717) is 16.5 Å². The monoisotopic (exact) mass is 429 g/mol. The lowest BCUT2D eigenvalue weighted by Crippen LogP contribution is -2.84. The van der Waals surface area contributed by atoms with Gasteiger partial charge in [0.25, 0.3) is 11.8 Å². The Morgan fingerprint density at radius 2 is 1.90 bits per heavy atom. The molecule has 2 amide bonds. The molecular weight excluding hydrogens is 406 g/mol. The molecular formula is C22H24ClN3O4. The van der Waals surface area contributed by atoms with Crippen molar-refractivity contribution in [2.45, 2.75) is 62.9 Å². The van der Waals surface area contributed by atoms with Gasteiger partial charge < -0.3 is 19.9 Å². The number of fused-ring (bicyclic) bond motifs is 1. The Morgan fingerprint density at radius 1 is 1.17 bits per heavy atom.